The van der Waals surface area contributed by atoms with Gasteiger partial charge in [0.15, 0.2) is 5.52 Å². The van der Waals surface area contributed by atoms with Crippen LogP contribution in [0.2, 0.25) is 0 Å². The number of sulfonamides is 1. The van der Waals surface area contributed by atoms with Crippen LogP contribution in [0.3, 0.4) is 0 Å². The largest absolute Gasteiger partial charge is 0.493 e. The van der Waals surface area contributed by atoms with Crippen LogP contribution in [0, 0.1) is 0 Å². The predicted octanol–water partition coefficient (Wildman–Crippen LogP) is 2.72. The van der Waals surface area contributed by atoms with Crippen LogP contribution in [0.15, 0.2) is 58.2 Å². The van der Waals surface area contributed by atoms with Crippen molar-refractivity contribution in [1.82, 2.24) is 29.0 Å². The minimum Gasteiger partial charge on any atom is -0.493 e. The Bertz CT molecular complexity index is 1600. The Morgan fingerprint density at radius 1 is 1.03 bits per heavy atom. The summed E-state index contributed by atoms with van der Waals surface area (Å²) in [5.41, 5.74) is 2.18. The van der Waals surface area contributed by atoms with Gasteiger partial charge in [0.25, 0.3) is 5.56 Å². The zero-order valence-corrected chi connectivity index (χ0v) is 22.0. The van der Waals surface area contributed by atoms with E-state index < -0.39 is 10.0 Å². The normalized spacial score (nSPS) is 15.6. The van der Waals surface area contributed by atoms with E-state index in [1.807, 2.05) is 44.3 Å². The van der Waals surface area contributed by atoms with Crippen LogP contribution in [0.5, 0.6) is 5.75 Å². The molecule has 0 amide bonds. The number of aromatic amines is 1. The fraction of sp³-hybridized carbons (Fsp3) is 0.346. The number of benzene rings is 2. The lowest BCUT2D eigenvalue weighted by atomic mass is 10.1. The average Bonchev–Trinajstić information content (AvgIpc) is 3.06. The van der Waals surface area contributed by atoms with Crippen LogP contribution in [0.1, 0.15) is 13.3 Å². The molecule has 1 saturated heterocycles. The van der Waals surface area contributed by atoms with Gasteiger partial charge in [-0.15, -0.1) is 0 Å². The number of rotatable bonds is 6. The number of likely N-dealkylation sites (N-methyl/N-ethyl adjacent to an activating group) is 1. The Balaban J connectivity index is 1.66. The summed E-state index contributed by atoms with van der Waals surface area (Å²) in [6, 6.07) is 14.2. The van der Waals surface area contributed by atoms with Crippen molar-refractivity contribution in [2.75, 3.05) is 39.8 Å². The first-order valence-corrected chi connectivity index (χ1v) is 13.7. The number of hydrogen-bond acceptors (Lipinski definition) is 7. The molecule has 0 radical (unpaired) electrons. The maximum atomic E-state index is 13.6. The Labute approximate surface area is 215 Å². The first kappa shape index (κ1) is 25.1. The molecule has 1 aliphatic heterocycles. The van der Waals surface area contributed by atoms with E-state index in [4.69, 9.17) is 9.72 Å². The van der Waals surface area contributed by atoms with Crippen molar-refractivity contribution in [2.45, 2.75) is 18.2 Å². The molecule has 3 heterocycles. The number of hydrogen-bond donors (Lipinski definition) is 1. The van der Waals surface area contributed by atoms with E-state index in [1.165, 1.54) is 15.1 Å². The lowest BCUT2D eigenvalue weighted by Crippen LogP contribution is -2.34. The number of nitrogens with one attached hydrogen (secondary N) is 1. The summed E-state index contributed by atoms with van der Waals surface area (Å²) < 4.78 is 36.0. The van der Waals surface area contributed by atoms with Gasteiger partial charge >= 0.3 is 0 Å². The molecule has 37 heavy (non-hydrogen) atoms. The average molecular weight is 523 g/mol. The summed E-state index contributed by atoms with van der Waals surface area (Å²) in [5.74, 6) is 0.656. The third-order valence-corrected chi connectivity index (χ3v) is 8.46. The fourth-order valence-electron chi connectivity index (χ4n) is 4.65. The van der Waals surface area contributed by atoms with E-state index in [9.17, 15) is 13.2 Å². The van der Waals surface area contributed by atoms with Gasteiger partial charge in [-0.25, -0.2) is 13.4 Å². The Morgan fingerprint density at radius 3 is 2.57 bits per heavy atom. The van der Waals surface area contributed by atoms with Gasteiger partial charge in [0.05, 0.1) is 17.1 Å². The molecule has 2 aromatic carbocycles. The molecule has 1 N–H and O–H groups in total. The van der Waals surface area contributed by atoms with Crippen molar-refractivity contribution in [3.8, 4) is 28.4 Å². The lowest BCUT2D eigenvalue weighted by Gasteiger charge is -2.21. The van der Waals surface area contributed by atoms with E-state index in [0.29, 0.717) is 54.3 Å². The topological polar surface area (TPSA) is 113 Å². The molecule has 11 heteroatoms. The van der Waals surface area contributed by atoms with Gasteiger partial charge < -0.3 is 14.6 Å². The predicted molar refractivity (Wildman–Crippen MR) is 142 cm³/mol. The van der Waals surface area contributed by atoms with Gasteiger partial charge in [0.2, 0.25) is 10.0 Å². The molecule has 1 aliphatic rings. The summed E-state index contributed by atoms with van der Waals surface area (Å²) in [4.78, 5) is 23.0. The fourth-order valence-corrected chi connectivity index (χ4v) is 6.14. The summed E-state index contributed by atoms with van der Waals surface area (Å²) >= 11 is 0. The molecule has 0 saturated carbocycles. The first-order valence-electron chi connectivity index (χ1n) is 12.3. The highest BCUT2D eigenvalue weighted by Crippen LogP contribution is 2.33. The standard InChI is InChI=1S/C26H30N6O4S/c1-4-36-21-12-11-19(37(34,35)32-14-8-13-30(2)15-16-32)17-20(21)25-27-23-22(18-9-6-5-7-10-18)29-31(3)24(23)26(33)28-25/h5-7,9-12,17H,4,8,13-16H2,1-3H3,(H,27,28,33). The molecule has 0 bridgehead atoms. The number of H-pyrrole nitrogens is 1. The highest BCUT2D eigenvalue weighted by Gasteiger charge is 2.28. The maximum absolute atomic E-state index is 13.6. The number of ether oxygens (including phenoxy) is 1. The molecular formula is C26H30N6O4S. The minimum absolute atomic E-state index is 0.132. The Kier molecular flexibility index (Phi) is 6.84. The van der Waals surface area contributed by atoms with Crippen LogP contribution < -0.4 is 10.3 Å². The lowest BCUT2D eigenvalue weighted by molar-refractivity contribution is 0.341. The highest BCUT2D eigenvalue weighted by atomic mass is 32.2. The van der Waals surface area contributed by atoms with E-state index in [1.54, 1.807) is 19.2 Å². The van der Waals surface area contributed by atoms with Crippen molar-refractivity contribution in [3.63, 3.8) is 0 Å². The Morgan fingerprint density at radius 2 is 1.81 bits per heavy atom. The molecule has 194 valence electrons. The smallest absolute Gasteiger partial charge is 0.277 e. The Hall–Kier alpha value is -3.54. The second-order valence-electron chi connectivity index (χ2n) is 9.10. The second kappa shape index (κ2) is 10.1. The van der Waals surface area contributed by atoms with Crippen LogP contribution in [-0.4, -0.2) is 77.2 Å². The van der Waals surface area contributed by atoms with Crippen LogP contribution in [-0.2, 0) is 17.1 Å². The molecule has 0 atom stereocenters. The number of aryl methyl sites for hydroxylation is 1. The molecule has 5 rings (SSSR count). The molecule has 1 fully saturated rings. The van der Waals surface area contributed by atoms with Gasteiger partial charge in [-0.05, 0) is 45.1 Å². The summed E-state index contributed by atoms with van der Waals surface area (Å²) in [5, 5.41) is 4.54. The van der Waals surface area contributed by atoms with E-state index >= 15 is 0 Å². The molecular weight excluding hydrogens is 492 g/mol. The zero-order chi connectivity index (χ0) is 26.2. The molecule has 0 unspecified atom stereocenters. The number of aromatic nitrogens is 4. The third kappa shape index (κ3) is 4.77. The summed E-state index contributed by atoms with van der Waals surface area (Å²) in [7, 11) is -0.0671. The molecule has 0 spiro atoms. The number of fused-ring (bicyclic) bond motifs is 1. The van der Waals surface area contributed by atoms with Gasteiger partial charge in [-0.1, -0.05) is 30.3 Å². The molecule has 10 nitrogen and oxygen atoms in total. The highest BCUT2D eigenvalue weighted by molar-refractivity contribution is 7.89. The SMILES string of the molecule is CCOc1ccc(S(=O)(=O)N2CCCN(C)CC2)cc1-c1nc2c(-c3ccccc3)nn(C)c2c(=O)[nH]1. The van der Waals surface area contributed by atoms with Gasteiger partial charge in [0.1, 0.15) is 22.8 Å². The summed E-state index contributed by atoms with van der Waals surface area (Å²) in [6.07, 6.45) is 0.758. The quantitative estimate of drug-likeness (QED) is 0.414. The van der Waals surface area contributed by atoms with Crippen molar-refractivity contribution < 1.29 is 13.2 Å². The van der Waals surface area contributed by atoms with E-state index in [0.717, 1.165) is 18.5 Å². The third-order valence-electron chi connectivity index (χ3n) is 6.56. The van der Waals surface area contributed by atoms with Crippen LogP contribution in [0.25, 0.3) is 33.7 Å². The maximum Gasteiger partial charge on any atom is 0.277 e. The van der Waals surface area contributed by atoms with Crippen molar-refractivity contribution in [2.24, 2.45) is 7.05 Å². The second-order valence-corrected chi connectivity index (χ2v) is 11.0. The van der Waals surface area contributed by atoms with Crippen molar-refractivity contribution in [1.29, 1.82) is 0 Å². The molecule has 4 aromatic rings. The van der Waals surface area contributed by atoms with Crippen LogP contribution >= 0.6 is 0 Å². The van der Waals surface area contributed by atoms with E-state index in [2.05, 4.69) is 15.0 Å². The van der Waals surface area contributed by atoms with Crippen LogP contribution in [0.4, 0.5) is 0 Å². The zero-order valence-electron chi connectivity index (χ0n) is 21.1. The first-order chi connectivity index (χ1) is 17.8. The van der Waals surface area contributed by atoms with Gasteiger partial charge in [0, 0.05) is 32.2 Å². The monoisotopic (exact) mass is 522 g/mol. The molecule has 2 aromatic heterocycles. The van der Waals surface area contributed by atoms with Crippen molar-refractivity contribution in [3.05, 3.63) is 58.9 Å². The van der Waals surface area contributed by atoms with Gasteiger partial charge in [-0.3, -0.25) is 9.48 Å². The minimum atomic E-state index is -3.76. The van der Waals surface area contributed by atoms with Gasteiger partial charge in [-0.2, -0.15) is 9.40 Å². The summed E-state index contributed by atoms with van der Waals surface area (Å²) in [6.45, 7) is 4.59. The van der Waals surface area contributed by atoms with E-state index in [-0.39, 0.29) is 16.3 Å². The molecule has 0 aliphatic carbocycles. The van der Waals surface area contributed by atoms with Crippen molar-refractivity contribution >= 4 is 21.1 Å². The number of nitrogens with zero attached hydrogens (tertiary/aromatic N) is 5.